The van der Waals surface area contributed by atoms with E-state index in [2.05, 4.69) is 16.9 Å². The van der Waals surface area contributed by atoms with Gasteiger partial charge in [-0.1, -0.05) is 6.08 Å². The molecule has 3 atom stereocenters. The van der Waals surface area contributed by atoms with Gasteiger partial charge in [-0.3, -0.25) is 0 Å². The van der Waals surface area contributed by atoms with Gasteiger partial charge in [-0.2, -0.15) is 0 Å². The summed E-state index contributed by atoms with van der Waals surface area (Å²) in [5.74, 6) is 1.17. The van der Waals surface area contributed by atoms with Gasteiger partial charge in [-0.15, -0.1) is 6.58 Å². The van der Waals surface area contributed by atoms with Gasteiger partial charge in [0.15, 0.2) is 5.96 Å². The van der Waals surface area contributed by atoms with E-state index in [1.54, 1.807) is 6.08 Å². The van der Waals surface area contributed by atoms with Crippen LogP contribution in [0.1, 0.15) is 19.3 Å². The number of fused-ring (bicyclic) bond motifs is 1. The third-order valence-electron chi connectivity index (χ3n) is 3.22. The van der Waals surface area contributed by atoms with Crippen LogP contribution in [0.2, 0.25) is 0 Å². The number of nitrogens with two attached hydrogens (primary N) is 1. The second kappa shape index (κ2) is 4.66. The van der Waals surface area contributed by atoms with E-state index in [0.29, 0.717) is 30.6 Å². The molecular weight excluding hydrogens is 190 g/mol. The summed E-state index contributed by atoms with van der Waals surface area (Å²) in [6.07, 6.45) is 5.68. The van der Waals surface area contributed by atoms with Crippen molar-refractivity contribution in [3.05, 3.63) is 12.7 Å². The molecule has 0 amide bonds. The largest absolute Gasteiger partial charge is 0.378 e. The third-order valence-corrected chi connectivity index (χ3v) is 3.22. The molecular formula is C11H19N3O. The van der Waals surface area contributed by atoms with Gasteiger partial charge in [0, 0.05) is 18.6 Å². The van der Waals surface area contributed by atoms with Crippen molar-refractivity contribution in [1.29, 1.82) is 0 Å². The summed E-state index contributed by atoms with van der Waals surface area (Å²) in [4.78, 5) is 4.13. The Morgan fingerprint density at radius 3 is 3.27 bits per heavy atom. The second-order valence-corrected chi connectivity index (χ2v) is 4.22. The normalized spacial score (nSPS) is 35.2. The average Bonchev–Trinajstić information content (AvgIpc) is 2.23. The first-order chi connectivity index (χ1) is 7.31. The zero-order valence-corrected chi connectivity index (χ0v) is 8.98. The van der Waals surface area contributed by atoms with Gasteiger partial charge in [0.2, 0.25) is 0 Å². The van der Waals surface area contributed by atoms with E-state index in [9.17, 15) is 0 Å². The summed E-state index contributed by atoms with van der Waals surface area (Å²) in [6, 6.07) is 0.462. The Morgan fingerprint density at radius 1 is 1.67 bits per heavy atom. The van der Waals surface area contributed by atoms with Gasteiger partial charge in [-0.25, -0.2) is 4.99 Å². The fourth-order valence-corrected chi connectivity index (χ4v) is 2.36. The minimum Gasteiger partial charge on any atom is -0.378 e. The Bertz CT molecular complexity index is 265. The van der Waals surface area contributed by atoms with E-state index >= 15 is 0 Å². The Labute approximate surface area is 90.6 Å². The number of guanidine groups is 1. The molecule has 2 fully saturated rings. The van der Waals surface area contributed by atoms with E-state index in [1.165, 1.54) is 12.8 Å². The Hall–Kier alpha value is -1.03. The summed E-state index contributed by atoms with van der Waals surface area (Å²) in [6.45, 7) is 5.11. The topological polar surface area (TPSA) is 59.6 Å². The van der Waals surface area contributed by atoms with Crippen LogP contribution in [0.15, 0.2) is 17.6 Å². The molecule has 0 radical (unpaired) electrons. The van der Waals surface area contributed by atoms with Crippen LogP contribution in [0.3, 0.4) is 0 Å². The lowest BCUT2D eigenvalue weighted by atomic mass is 9.72. The van der Waals surface area contributed by atoms with Crippen molar-refractivity contribution in [2.24, 2.45) is 16.6 Å². The number of hydrogen-bond donors (Lipinski definition) is 2. The monoisotopic (exact) mass is 209 g/mol. The fraction of sp³-hybridized carbons (Fsp3) is 0.727. The molecule has 1 saturated heterocycles. The Kier molecular flexibility index (Phi) is 3.26. The number of nitrogens with zero attached hydrogens (tertiary/aromatic N) is 1. The second-order valence-electron chi connectivity index (χ2n) is 4.22. The highest BCUT2D eigenvalue weighted by molar-refractivity contribution is 5.78. The highest BCUT2D eigenvalue weighted by atomic mass is 16.5. The predicted molar refractivity (Wildman–Crippen MR) is 60.7 cm³/mol. The summed E-state index contributed by atoms with van der Waals surface area (Å²) in [5.41, 5.74) is 5.74. The molecule has 2 rings (SSSR count). The summed E-state index contributed by atoms with van der Waals surface area (Å²) in [5, 5.41) is 3.25. The van der Waals surface area contributed by atoms with E-state index < -0.39 is 0 Å². The average molecular weight is 209 g/mol. The molecule has 1 aliphatic heterocycles. The fourth-order valence-electron chi connectivity index (χ4n) is 2.36. The zero-order chi connectivity index (χ0) is 10.7. The number of hydrogen-bond acceptors (Lipinski definition) is 2. The molecule has 0 aromatic rings. The van der Waals surface area contributed by atoms with Crippen molar-refractivity contribution < 1.29 is 4.74 Å². The maximum absolute atomic E-state index is 5.74. The van der Waals surface area contributed by atoms with Crippen LogP contribution in [-0.4, -0.2) is 31.3 Å². The Balaban J connectivity index is 1.79. The number of aliphatic imine (C=N–C) groups is 1. The first kappa shape index (κ1) is 10.5. The maximum atomic E-state index is 5.74. The number of rotatable bonds is 3. The van der Waals surface area contributed by atoms with Crippen LogP contribution in [0.4, 0.5) is 0 Å². The lowest BCUT2D eigenvalue weighted by Crippen LogP contribution is -2.59. The van der Waals surface area contributed by atoms with Crippen LogP contribution >= 0.6 is 0 Å². The molecule has 3 N–H and O–H groups in total. The summed E-state index contributed by atoms with van der Waals surface area (Å²) >= 11 is 0. The number of nitrogens with one attached hydrogen (secondary N) is 1. The van der Waals surface area contributed by atoms with Crippen LogP contribution in [0.5, 0.6) is 0 Å². The van der Waals surface area contributed by atoms with Crippen molar-refractivity contribution >= 4 is 5.96 Å². The molecule has 3 unspecified atom stereocenters. The molecule has 84 valence electrons. The van der Waals surface area contributed by atoms with Crippen molar-refractivity contribution in [2.45, 2.75) is 31.4 Å². The molecule has 0 bridgehead atoms. The molecule has 4 heteroatoms. The zero-order valence-electron chi connectivity index (χ0n) is 8.98. The smallest absolute Gasteiger partial charge is 0.189 e. The first-order valence-corrected chi connectivity index (χ1v) is 5.60. The molecule has 0 aromatic heterocycles. The minimum atomic E-state index is 0.462. The molecule has 0 spiro atoms. The van der Waals surface area contributed by atoms with E-state index in [1.807, 2.05) is 0 Å². The Morgan fingerprint density at radius 2 is 2.53 bits per heavy atom. The van der Waals surface area contributed by atoms with E-state index in [-0.39, 0.29) is 0 Å². The lowest BCUT2D eigenvalue weighted by Gasteiger charge is -2.47. The minimum absolute atomic E-state index is 0.462. The molecule has 1 saturated carbocycles. The summed E-state index contributed by atoms with van der Waals surface area (Å²) in [7, 11) is 0. The van der Waals surface area contributed by atoms with Gasteiger partial charge in [0.1, 0.15) is 0 Å². The van der Waals surface area contributed by atoms with Gasteiger partial charge in [0.25, 0.3) is 0 Å². The highest BCUT2D eigenvalue weighted by Gasteiger charge is 2.43. The molecule has 4 nitrogen and oxygen atoms in total. The summed E-state index contributed by atoms with van der Waals surface area (Å²) < 4.78 is 5.63. The van der Waals surface area contributed by atoms with Crippen LogP contribution < -0.4 is 11.1 Å². The molecule has 2 aliphatic rings. The van der Waals surface area contributed by atoms with Crippen molar-refractivity contribution in [2.75, 3.05) is 13.2 Å². The van der Waals surface area contributed by atoms with Crippen molar-refractivity contribution in [1.82, 2.24) is 5.32 Å². The van der Waals surface area contributed by atoms with E-state index in [0.717, 1.165) is 13.0 Å². The van der Waals surface area contributed by atoms with Crippen molar-refractivity contribution in [3.8, 4) is 0 Å². The molecule has 0 aromatic carbocycles. The predicted octanol–water partition coefficient (Wildman–Crippen LogP) is 0.644. The van der Waals surface area contributed by atoms with Crippen LogP contribution in [-0.2, 0) is 4.74 Å². The van der Waals surface area contributed by atoms with Gasteiger partial charge in [0.05, 0.1) is 12.6 Å². The molecule has 1 aliphatic carbocycles. The van der Waals surface area contributed by atoms with E-state index in [4.69, 9.17) is 10.5 Å². The van der Waals surface area contributed by atoms with Crippen molar-refractivity contribution in [3.63, 3.8) is 0 Å². The van der Waals surface area contributed by atoms with Gasteiger partial charge in [-0.05, 0) is 19.3 Å². The number of ether oxygens (including phenoxy) is 1. The van der Waals surface area contributed by atoms with Gasteiger partial charge < -0.3 is 15.8 Å². The standard InChI is InChI=1S/C11H19N3O/c1-2-5-13-11(12)14-9-7-10-8(9)4-3-6-15-10/h2,8-10H,1,3-7H2,(H3,12,13,14). The van der Waals surface area contributed by atoms with Crippen LogP contribution in [0, 0.1) is 5.92 Å². The lowest BCUT2D eigenvalue weighted by molar-refractivity contribution is -0.0989. The molecule has 15 heavy (non-hydrogen) atoms. The van der Waals surface area contributed by atoms with Crippen LogP contribution in [0.25, 0.3) is 0 Å². The SMILES string of the molecule is C=CCN=C(N)NC1CC2OCCCC12. The maximum Gasteiger partial charge on any atom is 0.189 e. The highest BCUT2D eigenvalue weighted by Crippen LogP contribution is 2.37. The quantitative estimate of drug-likeness (QED) is 0.407. The van der Waals surface area contributed by atoms with Gasteiger partial charge >= 0.3 is 0 Å². The third kappa shape index (κ3) is 2.31. The first-order valence-electron chi connectivity index (χ1n) is 5.60. The molecule has 1 heterocycles.